The first-order valence-corrected chi connectivity index (χ1v) is 12.9. The fourth-order valence-electron chi connectivity index (χ4n) is 3.49. The molecule has 0 spiro atoms. The van der Waals surface area contributed by atoms with Crippen LogP contribution in [0.4, 0.5) is 27.9 Å². The maximum atomic E-state index is 12.9. The van der Waals surface area contributed by atoms with E-state index in [4.69, 9.17) is 5.73 Å². The van der Waals surface area contributed by atoms with E-state index in [0.29, 0.717) is 26.8 Å². The van der Waals surface area contributed by atoms with Crippen molar-refractivity contribution >= 4 is 62.4 Å². The zero-order chi connectivity index (χ0) is 25.8. The van der Waals surface area contributed by atoms with Crippen LogP contribution in [0.25, 0.3) is 10.4 Å². The minimum Gasteiger partial charge on any atom is -0.397 e. The molecule has 2 amide bonds. The number of carbonyl (C=O) groups excluding carboxylic acids is 2. The topological polar surface area (TPSA) is 122 Å². The quantitative estimate of drug-likeness (QED) is 0.182. The van der Waals surface area contributed by atoms with Crippen molar-refractivity contribution in [3.05, 3.63) is 101 Å². The number of aryl methyl sites for hydroxylation is 1. The van der Waals surface area contributed by atoms with Crippen LogP contribution in [0.15, 0.2) is 85.3 Å². The third-order valence-corrected chi connectivity index (χ3v) is 7.50. The lowest BCUT2D eigenvalue weighted by atomic mass is 10.2. The van der Waals surface area contributed by atoms with E-state index in [1.54, 1.807) is 48.8 Å². The molecule has 37 heavy (non-hydrogen) atoms. The molecule has 0 aliphatic rings. The molecule has 0 atom stereocenters. The van der Waals surface area contributed by atoms with Gasteiger partial charge in [0.05, 0.1) is 26.0 Å². The zero-order valence-electron chi connectivity index (χ0n) is 19.7. The van der Waals surface area contributed by atoms with Crippen LogP contribution < -0.4 is 21.7 Å². The van der Waals surface area contributed by atoms with Crippen LogP contribution in [-0.2, 0) is 0 Å². The molecule has 0 bridgehead atoms. The summed E-state index contributed by atoms with van der Waals surface area (Å²) in [7, 11) is 0. The van der Waals surface area contributed by atoms with Gasteiger partial charge in [0, 0.05) is 35.5 Å². The normalized spacial score (nSPS) is 10.6. The monoisotopic (exact) mass is 526 g/mol. The molecule has 0 radical (unpaired) electrons. The second kappa shape index (κ2) is 10.6. The van der Waals surface area contributed by atoms with Crippen molar-refractivity contribution in [1.82, 2.24) is 9.97 Å². The van der Waals surface area contributed by atoms with Gasteiger partial charge in [-0.3, -0.25) is 14.6 Å². The van der Waals surface area contributed by atoms with Crippen molar-refractivity contribution in [2.24, 2.45) is 0 Å². The number of thiazole rings is 1. The van der Waals surface area contributed by atoms with Gasteiger partial charge >= 0.3 is 0 Å². The molecule has 8 nitrogen and oxygen atoms in total. The van der Waals surface area contributed by atoms with E-state index >= 15 is 0 Å². The van der Waals surface area contributed by atoms with Gasteiger partial charge in [-0.2, -0.15) is 0 Å². The molecular formula is C27H22N6O2S2. The molecule has 10 heteroatoms. The standard InChI is InChI=1S/C27H22N6O2S2/c1-16-8-9-18(13-21(16)33-27-30-15-24(37-27)17-5-4-12-29-14-17)31-25(34)22-10-11-23(36-22)26(35)32-20-7-3-2-6-19(20)28/h2-15H,28H2,1H3,(H,30,33)(H,31,34)(H,32,35). The maximum Gasteiger partial charge on any atom is 0.265 e. The van der Waals surface area contributed by atoms with Crippen molar-refractivity contribution in [3.8, 4) is 10.4 Å². The SMILES string of the molecule is Cc1ccc(NC(=O)c2ccc(C(=O)Nc3ccccc3N)s2)cc1Nc1ncc(-c2cccnc2)s1. The number of para-hydroxylation sites is 2. The van der Waals surface area contributed by atoms with E-state index in [-0.39, 0.29) is 11.8 Å². The highest BCUT2D eigenvalue weighted by Gasteiger charge is 2.16. The summed E-state index contributed by atoms with van der Waals surface area (Å²) in [5.74, 6) is -0.621. The number of nitrogen functional groups attached to an aromatic ring is 1. The number of anilines is 5. The molecule has 0 saturated heterocycles. The van der Waals surface area contributed by atoms with E-state index in [2.05, 4.69) is 25.9 Å². The Morgan fingerprint density at radius 2 is 1.62 bits per heavy atom. The number of thiophene rings is 1. The van der Waals surface area contributed by atoms with Crippen molar-refractivity contribution in [2.75, 3.05) is 21.7 Å². The van der Waals surface area contributed by atoms with Crippen molar-refractivity contribution in [3.63, 3.8) is 0 Å². The Labute approximate surface area is 221 Å². The number of amides is 2. The van der Waals surface area contributed by atoms with Crippen LogP contribution in [0, 0.1) is 6.92 Å². The summed E-state index contributed by atoms with van der Waals surface area (Å²) in [5, 5.41) is 9.76. The van der Waals surface area contributed by atoms with Crippen LogP contribution in [0.3, 0.4) is 0 Å². The summed E-state index contributed by atoms with van der Waals surface area (Å²) < 4.78 is 0. The third kappa shape index (κ3) is 5.66. The molecule has 0 saturated carbocycles. The molecule has 2 aromatic carbocycles. The molecule has 5 aromatic rings. The second-order valence-corrected chi connectivity index (χ2v) is 10.2. The number of rotatable bonds is 7. The van der Waals surface area contributed by atoms with Gasteiger partial charge in [0.1, 0.15) is 0 Å². The lowest BCUT2D eigenvalue weighted by molar-refractivity contribution is 0.102. The number of aromatic nitrogens is 2. The smallest absolute Gasteiger partial charge is 0.265 e. The fraction of sp³-hybridized carbons (Fsp3) is 0.0370. The van der Waals surface area contributed by atoms with Crippen LogP contribution in [0.5, 0.6) is 0 Å². The number of nitrogens with zero attached hydrogens (tertiary/aromatic N) is 2. The Bertz CT molecular complexity index is 1580. The van der Waals surface area contributed by atoms with Gasteiger partial charge in [-0.05, 0) is 55.0 Å². The summed E-state index contributed by atoms with van der Waals surface area (Å²) >= 11 is 2.63. The fourth-order valence-corrected chi connectivity index (χ4v) is 5.11. The minimum atomic E-state index is -0.321. The average Bonchev–Trinajstić information content (AvgIpc) is 3.58. The van der Waals surface area contributed by atoms with Gasteiger partial charge < -0.3 is 21.7 Å². The molecule has 3 aromatic heterocycles. The van der Waals surface area contributed by atoms with E-state index in [0.717, 1.165) is 38.2 Å². The molecular weight excluding hydrogens is 504 g/mol. The number of hydrogen-bond donors (Lipinski definition) is 4. The van der Waals surface area contributed by atoms with Crippen LogP contribution in [-0.4, -0.2) is 21.8 Å². The highest BCUT2D eigenvalue weighted by molar-refractivity contribution is 7.19. The summed E-state index contributed by atoms with van der Waals surface area (Å²) in [4.78, 5) is 36.0. The number of benzene rings is 2. The average molecular weight is 527 g/mol. The van der Waals surface area contributed by atoms with E-state index in [9.17, 15) is 9.59 Å². The van der Waals surface area contributed by atoms with Gasteiger partial charge in [-0.25, -0.2) is 4.98 Å². The number of carbonyl (C=O) groups is 2. The first-order chi connectivity index (χ1) is 18.0. The van der Waals surface area contributed by atoms with Crippen molar-refractivity contribution in [1.29, 1.82) is 0 Å². The number of nitrogens with one attached hydrogen (secondary N) is 3. The largest absolute Gasteiger partial charge is 0.397 e. The first-order valence-electron chi connectivity index (χ1n) is 11.3. The number of hydrogen-bond acceptors (Lipinski definition) is 8. The highest BCUT2D eigenvalue weighted by atomic mass is 32.1. The van der Waals surface area contributed by atoms with Crippen LogP contribution >= 0.6 is 22.7 Å². The van der Waals surface area contributed by atoms with Gasteiger partial charge in [0.25, 0.3) is 11.8 Å². The van der Waals surface area contributed by atoms with Gasteiger partial charge in [0.2, 0.25) is 0 Å². The summed E-state index contributed by atoms with van der Waals surface area (Å²) in [5.41, 5.74) is 10.4. The third-order valence-electron chi connectivity index (χ3n) is 5.45. The summed E-state index contributed by atoms with van der Waals surface area (Å²) in [6.45, 7) is 1.98. The Morgan fingerprint density at radius 1 is 0.838 bits per heavy atom. The van der Waals surface area contributed by atoms with Crippen molar-refractivity contribution < 1.29 is 9.59 Å². The molecule has 0 aliphatic carbocycles. The second-order valence-electron chi connectivity index (χ2n) is 8.09. The van der Waals surface area contributed by atoms with Gasteiger partial charge in [-0.15, -0.1) is 11.3 Å². The van der Waals surface area contributed by atoms with Gasteiger partial charge in [0.15, 0.2) is 5.13 Å². The Kier molecular flexibility index (Phi) is 6.93. The molecule has 5 N–H and O–H groups in total. The van der Waals surface area contributed by atoms with Crippen molar-refractivity contribution in [2.45, 2.75) is 6.92 Å². The highest BCUT2D eigenvalue weighted by Crippen LogP contribution is 2.32. The summed E-state index contributed by atoms with van der Waals surface area (Å²) in [6.07, 6.45) is 5.34. The van der Waals surface area contributed by atoms with E-state index in [1.807, 2.05) is 43.5 Å². The Morgan fingerprint density at radius 3 is 2.38 bits per heavy atom. The molecule has 0 fully saturated rings. The Balaban J connectivity index is 1.26. The Hall–Kier alpha value is -4.54. The zero-order valence-corrected chi connectivity index (χ0v) is 21.3. The molecule has 0 aliphatic heterocycles. The van der Waals surface area contributed by atoms with E-state index in [1.165, 1.54) is 11.3 Å². The molecule has 0 unspecified atom stereocenters. The molecule has 184 valence electrons. The predicted octanol–water partition coefficient (Wildman–Crippen LogP) is 6.41. The number of pyridine rings is 1. The maximum absolute atomic E-state index is 12.9. The number of nitrogens with two attached hydrogens (primary N) is 1. The molecule has 3 heterocycles. The van der Waals surface area contributed by atoms with Crippen LogP contribution in [0.1, 0.15) is 24.9 Å². The predicted molar refractivity (Wildman–Crippen MR) is 151 cm³/mol. The lowest BCUT2D eigenvalue weighted by Gasteiger charge is -2.10. The summed E-state index contributed by atoms with van der Waals surface area (Å²) in [6, 6.07) is 19.8. The van der Waals surface area contributed by atoms with E-state index < -0.39 is 0 Å². The van der Waals surface area contributed by atoms with Crippen LogP contribution in [0.2, 0.25) is 0 Å². The lowest BCUT2D eigenvalue weighted by Crippen LogP contribution is -2.12. The first kappa shape index (κ1) is 24.2. The minimum absolute atomic E-state index is 0.300. The molecule has 5 rings (SSSR count). The van der Waals surface area contributed by atoms with Gasteiger partial charge in [-0.1, -0.05) is 35.6 Å².